The van der Waals surface area contributed by atoms with Crippen molar-refractivity contribution in [3.8, 4) is 11.3 Å². The van der Waals surface area contributed by atoms with Crippen molar-refractivity contribution >= 4 is 29.1 Å². The van der Waals surface area contributed by atoms with E-state index in [0.717, 1.165) is 30.0 Å². The lowest BCUT2D eigenvalue weighted by atomic mass is 10.1. The zero-order valence-electron chi connectivity index (χ0n) is 16.1. The second kappa shape index (κ2) is 8.21. The first-order chi connectivity index (χ1) is 14.0. The maximum absolute atomic E-state index is 12.6. The van der Waals surface area contributed by atoms with Gasteiger partial charge in [-0.3, -0.25) is 14.5 Å². The van der Waals surface area contributed by atoms with E-state index in [0.29, 0.717) is 23.0 Å². The summed E-state index contributed by atoms with van der Waals surface area (Å²) in [6.07, 6.45) is 1.31. The number of aromatic nitrogens is 3. The van der Waals surface area contributed by atoms with Gasteiger partial charge in [0.1, 0.15) is 23.1 Å². The molecule has 4 rings (SSSR count). The van der Waals surface area contributed by atoms with Gasteiger partial charge in [-0.15, -0.1) is 0 Å². The van der Waals surface area contributed by atoms with Gasteiger partial charge in [0.05, 0.1) is 12.1 Å². The lowest BCUT2D eigenvalue weighted by Crippen LogP contribution is -2.37. The van der Waals surface area contributed by atoms with Gasteiger partial charge in [0, 0.05) is 48.6 Å². The highest BCUT2D eigenvalue weighted by Crippen LogP contribution is 2.24. The van der Waals surface area contributed by atoms with Gasteiger partial charge in [-0.05, 0) is 25.5 Å². The van der Waals surface area contributed by atoms with Crippen LogP contribution in [-0.2, 0) is 22.6 Å². The molecule has 0 saturated carbocycles. The number of hydrogen-bond acceptors (Lipinski definition) is 5. The van der Waals surface area contributed by atoms with E-state index in [-0.39, 0.29) is 31.0 Å². The van der Waals surface area contributed by atoms with E-state index in [9.17, 15) is 9.59 Å². The van der Waals surface area contributed by atoms with Crippen LogP contribution in [-0.4, -0.2) is 33.2 Å². The highest BCUT2D eigenvalue weighted by atomic mass is 35.5. The second-order valence-corrected chi connectivity index (χ2v) is 7.60. The van der Waals surface area contributed by atoms with Gasteiger partial charge in [-0.2, -0.15) is 5.10 Å². The molecular weight excluding hydrogens is 392 g/mol. The molecule has 3 aromatic rings. The number of fused-ring (bicyclic) bond motifs is 1. The standard InChI is InChI=1S/C21H21ClN4O3/c1-14-11-20-25(9-2-10-26(20)23-14)21(28)8-7-17(27)12-18-13-19(24-29-18)15-3-5-16(22)6-4-15/h3-6,11,13H,2,7-10,12H2,1H3. The summed E-state index contributed by atoms with van der Waals surface area (Å²) in [4.78, 5) is 26.7. The summed E-state index contributed by atoms with van der Waals surface area (Å²) in [5.74, 6) is 1.19. The third-order valence-electron chi connectivity index (χ3n) is 4.90. The molecule has 0 fully saturated rings. The van der Waals surface area contributed by atoms with Crippen LogP contribution in [0.3, 0.4) is 0 Å². The predicted molar refractivity (Wildman–Crippen MR) is 109 cm³/mol. The molecule has 1 aliphatic rings. The maximum Gasteiger partial charge on any atom is 0.228 e. The fraction of sp³-hybridized carbons (Fsp3) is 0.333. The molecule has 7 nitrogen and oxygen atoms in total. The van der Waals surface area contributed by atoms with Crippen LogP contribution in [0.1, 0.15) is 30.7 Å². The first-order valence-corrected chi connectivity index (χ1v) is 9.95. The first kappa shape index (κ1) is 19.4. The van der Waals surface area contributed by atoms with E-state index in [4.69, 9.17) is 16.1 Å². The Hall–Kier alpha value is -2.93. The Balaban J connectivity index is 1.33. The van der Waals surface area contributed by atoms with E-state index in [1.807, 2.05) is 29.8 Å². The Bertz CT molecular complexity index is 1040. The minimum Gasteiger partial charge on any atom is -0.360 e. The van der Waals surface area contributed by atoms with Gasteiger partial charge in [0.2, 0.25) is 5.91 Å². The molecule has 0 spiro atoms. The molecule has 0 saturated heterocycles. The summed E-state index contributed by atoms with van der Waals surface area (Å²) in [5.41, 5.74) is 2.40. The van der Waals surface area contributed by atoms with E-state index in [2.05, 4.69) is 10.3 Å². The molecule has 29 heavy (non-hydrogen) atoms. The summed E-state index contributed by atoms with van der Waals surface area (Å²) in [6.45, 7) is 3.38. The van der Waals surface area contributed by atoms with Crippen LogP contribution in [0.5, 0.6) is 0 Å². The normalized spacial score (nSPS) is 13.4. The van der Waals surface area contributed by atoms with Gasteiger partial charge in [-0.25, -0.2) is 4.68 Å². The van der Waals surface area contributed by atoms with Crippen LogP contribution >= 0.6 is 11.6 Å². The number of amides is 1. The number of halogens is 1. The fourth-order valence-corrected chi connectivity index (χ4v) is 3.60. The number of benzene rings is 1. The van der Waals surface area contributed by atoms with E-state index in [1.54, 1.807) is 23.1 Å². The van der Waals surface area contributed by atoms with Crippen molar-refractivity contribution in [2.75, 3.05) is 11.4 Å². The highest BCUT2D eigenvalue weighted by Gasteiger charge is 2.24. The zero-order valence-corrected chi connectivity index (χ0v) is 16.9. The molecule has 150 valence electrons. The maximum atomic E-state index is 12.6. The van der Waals surface area contributed by atoms with Crippen molar-refractivity contribution in [3.63, 3.8) is 0 Å². The molecular formula is C21H21ClN4O3. The molecule has 0 N–H and O–H groups in total. The van der Waals surface area contributed by atoms with E-state index >= 15 is 0 Å². The van der Waals surface area contributed by atoms with Gasteiger partial charge in [0.15, 0.2) is 0 Å². The molecule has 2 aromatic heterocycles. The summed E-state index contributed by atoms with van der Waals surface area (Å²) < 4.78 is 7.13. The summed E-state index contributed by atoms with van der Waals surface area (Å²) in [5, 5.41) is 9.05. The topological polar surface area (TPSA) is 81.2 Å². The molecule has 0 atom stereocenters. The largest absolute Gasteiger partial charge is 0.360 e. The lowest BCUT2D eigenvalue weighted by Gasteiger charge is -2.27. The summed E-state index contributed by atoms with van der Waals surface area (Å²) in [7, 11) is 0. The zero-order chi connectivity index (χ0) is 20.4. The number of rotatable bonds is 6. The Morgan fingerprint density at radius 2 is 1.93 bits per heavy atom. The molecule has 3 heterocycles. The van der Waals surface area contributed by atoms with Crippen molar-refractivity contribution in [2.45, 2.75) is 39.2 Å². The average molecular weight is 413 g/mol. The number of Topliss-reactive ketones (excluding diaryl/α,β-unsaturated/α-hetero) is 1. The van der Waals surface area contributed by atoms with Crippen LogP contribution < -0.4 is 4.90 Å². The molecule has 1 aliphatic heterocycles. The number of carbonyl (C=O) groups is 2. The summed E-state index contributed by atoms with van der Waals surface area (Å²) >= 11 is 5.89. The molecule has 0 bridgehead atoms. The third kappa shape index (κ3) is 4.40. The van der Waals surface area contributed by atoms with Crippen LogP contribution in [0, 0.1) is 6.92 Å². The predicted octanol–water partition coefficient (Wildman–Crippen LogP) is 3.83. The Morgan fingerprint density at radius 3 is 2.72 bits per heavy atom. The number of anilines is 1. The average Bonchev–Trinajstić information content (AvgIpc) is 3.32. The Kier molecular flexibility index (Phi) is 5.49. The lowest BCUT2D eigenvalue weighted by molar-refractivity contribution is -0.124. The van der Waals surface area contributed by atoms with Crippen molar-refractivity contribution in [3.05, 3.63) is 52.9 Å². The van der Waals surface area contributed by atoms with Crippen LogP contribution in [0.4, 0.5) is 5.82 Å². The van der Waals surface area contributed by atoms with Crippen LogP contribution in [0.2, 0.25) is 5.02 Å². The summed E-state index contributed by atoms with van der Waals surface area (Å²) in [6, 6.07) is 10.9. The quantitative estimate of drug-likeness (QED) is 0.614. The minimum atomic E-state index is -0.0568. The van der Waals surface area contributed by atoms with Gasteiger partial charge in [-0.1, -0.05) is 28.9 Å². The number of hydrogen-bond donors (Lipinski definition) is 0. The third-order valence-corrected chi connectivity index (χ3v) is 5.15. The van der Waals surface area contributed by atoms with E-state index in [1.165, 1.54) is 0 Å². The van der Waals surface area contributed by atoms with Gasteiger partial charge < -0.3 is 4.52 Å². The molecule has 0 aliphatic carbocycles. The molecule has 1 aromatic carbocycles. The van der Waals surface area contributed by atoms with Crippen molar-refractivity contribution in [2.24, 2.45) is 0 Å². The number of aryl methyl sites for hydroxylation is 2. The van der Waals surface area contributed by atoms with Crippen molar-refractivity contribution in [1.82, 2.24) is 14.9 Å². The molecule has 0 radical (unpaired) electrons. The molecule has 1 amide bonds. The SMILES string of the molecule is Cc1cc2n(n1)CCCN2C(=O)CCC(=O)Cc1cc(-c2ccc(Cl)cc2)no1. The first-order valence-electron chi connectivity index (χ1n) is 9.57. The fourth-order valence-electron chi connectivity index (χ4n) is 3.48. The van der Waals surface area contributed by atoms with E-state index < -0.39 is 0 Å². The monoisotopic (exact) mass is 412 g/mol. The number of carbonyl (C=O) groups excluding carboxylic acids is 2. The Labute approximate surface area is 173 Å². The highest BCUT2D eigenvalue weighted by molar-refractivity contribution is 6.30. The van der Waals surface area contributed by atoms with Crippen molar-refractivity contribution < 1.29 is 14.1 Å². The van der Waals surface area contributed by atoms with Gasteiger partial charge in [0.25, 0.3) is 0 Å². The Morgan fingerprint density at radius 1 is 1.14 bits per heavy atom. The number of ketones is 1. The van der Waals surface area contributed by atoms with Crippen LogP contribution in [0.15, 0.2) is 40.9 Å². The second-order valence-electron chi connectivity index (χ2n) is 7.17. The minimum absolute atomic E-state index is 0.0566. The smallest absolute Gasteiger partial charge is 0.228 e. The number of nitrogens with zero attached hydrogens (tertiary/aromatic N) is 4. The van der Waals surface area contributed by atoms with Gasteiger partial charge >= 0.3 is 0 Å². The molecule has 0 unspecified atom stereocenters. The van der Waals surface area contributed by atoms with Crippen molar-refractivity contribution in [1.29, 1.82) is 0 Å². The van der Waals surface area contributed by atoms with Crippen LogP contribution in [0.25, 0.3) is 11.3 Å². The molecule has 8 heteroatoms.